The van der Waals surface area contributed by atoms with Crippen molar-refractivity contribution in [3.05, 3.63) is 54.1 Å². The van der Waals surface area contributed by atoms with Gasteiger partial charge in [0.15, 0.2) is 0 Å². The van der Waals surface area contributed by atoms with Crippen molar-refractivity contribution in [1.82, 2.24) is 0 Å². The molecule has 17 heavy (non-hydrogen) atoms. The fourth-order valence-electron chi connectivity index (χ4n) is 1.62. The van der Waals surface area contributed by atoms with Gasteiger partial charge in [0, 0.05) is 0 Å². The normalized spacial score (nSPS) is 12.7. The predicted octanol–water partition coefficient (Wildman–Crippen LogP) is 2.74. The molecule has 0 amide bonds. The van der Waals surface area contributed by atoms with Gasteiger partial charge in [-0.1, -0.05) is 0 Å². The molecule has 2 aromatic carbocycles. The van der Waals surface area contributed by atoms with Crippen LogP contribution in [0.3, 0.4) is 0 Å². The van der Waals surface area contributed by atoms with E-state index in [0.717, 1.165) is 22.7 Å². The van der Waals surface area contributed by atoms with Gasteiger partial charge in [-0.25, -0.2) is 0 Å². The molecule has 3 rings (SSSR count). The summed E-state index contributed by atoms with van der Waals surface area (Å²) in [5.41, 5.74) is 1.86. The van der Waals surface area contributed by atoms with Crippen molar-refractivity contribution in [2.75, 3.05) is 0 Å². The molecule has 0 spiro atoms. The zero-order valence-electron chi connectivity index (χ0n) is 9.04. The molecule has 0 unspecified atom stereocenters. The van der Waals surface area contributed by atoms with Crippen molar-refractivity contribution >= 4 is 35.7 Å². The molecule has 0 aromatic heterocycles. The molecule has 0 saturated carbocycles. The molecule has 4 heteroatoms. The number of aliphatic imine (C=N–C) groups is 1. The maximum atomic E-state index is 5.74. The topological polar surface area (TPSA) is 30.8 Å². The van der Waals surface area contributed by atoms with E-state index in [0.29, 0.717) is 0 Å². The zero-order chi connectivity index (χ0) is 11.5. The molecule has 3 nitrogen and oxygen atoms in total. The fraction of sp³-hybridized carbons (Fsp3) is 0. The second kappa shape index (κ2) is 4.84. The van der Waals surface area contributed by atoms with Gasteiger partial charge in [0.1, 0.15) is 0 Å². The van der Waals surface area contributed by atoms with Crippen molar-refractivity contribution in [1.29, 1.82) is 0 Å². The molecule has 0 atom stereocenters. The van der Waals surface area contributed by atoms with Crippen molar-refractivity contribution in [2.24, 2.45) is 4.99 Å². The van der Waals surface area contributed by atoms with Gasteiger partial charge in [-0.15, -0.1) is 0 Å². The fourth-order valence-corrected chi connectivity index (χ4v) is 3.54. The van der Waals surface area contributed by atoms with Crippen LogP contribution in [0.5, 0.6) is 11.5 Å². The van der Waals surface area contributed by atoms with E-state index in [1.54, 1.807) is 0 Å². The van der Waals surface area contributed by atoms with Crippen LogP contribution in [0.1, 0.15) is 5.56 Å². The predicted molar refractivity (Wildman–Crippen MR) is 67.1 cm³/mol. The monoisotopic (exact) mass is 326 g/mol. The number of para-hydroxylation sites is 3. The van der Waals surface area contributed by atoms with E-state index in [1.165, 1.54) is 0 Å². The summed E-state index contributed by atoms with van der Waals surface area (Å²) in [4.78, 5) is 4.45. The number of hydrogen-bond donors (Lipinski definition) is 0. The third kappa shape index (κ3) is 2.31. The van der Waals surface area contributed by atoms with E-state index in [9.17, 15) is 0 Å². The van der Waals surface area contributed by atoms with Crippen LogP contribution in [0.2, 0.25) is 0 Å². The summed E-state index contributed by atoms with van der Waals surface area (Å²) in [6.45, 7) is 0. The second-order valence-electron chi connectivity index (χ2n) is 3.60. The number of fused-ring (bicyclic) bond motifs is 2. The zero-order valence-corrected chi connectivity index (χ0v) is 12.3. The first kappa shape index (κ1) is 10.7. The Balaban J connectivity index is 2.06. The molecule has 0 aliphatic carbocycles. The van der Waals surface area contributed by atoms with E-state index in [2.05, 4.69) is 4.99 Å². The Bertz CT molecular complexity index is 519. The van der Waals surface area contributed by atoms with Crippen molar-refractivity contribution in [3.63, 3.8) is 0 Å². The quantitative estimate of drug-likeness (QED) is 0.745. The van der Waals surface area contributed by atoms with Crippen LogP contribution >= 0.6 is 0 Å². The first-order valence-electron chi connectivity index (χ1n) is 5.30. The van der Waals surface area contributed by atoms with Gasteiger partial charge in [-0.05, 0) is 0 Å². The third-order valence-electron chi connectivity index (χ3n) is 2.48. The molecule has 0 fully saturated rings. The number of nitrogens with zero attached hydrogens (tertiary/aromatic N) is 1. The Morgan fingerprint density at radius 3 is 2.47 bits per heavy atom. The van der Waals surface area contributed by atoms with Crippen LogP contribution in [0.4, 0.5) is 5.69 Å². The average Bonchev–Trinajstić information content (AvgIpc) is 2.47. The van der Waals surface area contributed by atoms with E-state index < -0.39 is 23.8 Å². The average molecular weight is 326 g/mol. The van der Waals surface area contributed by atoms with Gasteiger partial charge in [0.05, 0.1) is 0 Å². The van der Waals surface area contributed by atoms with Crippen LogP contribution in [-0.4, -0.2) is 30.0 Å². The van der Waals surface area contributed by atoms with Gasteiger partial charge >= 0.3 is 112 Å². The summed E-state index contributed by atoms with van der Waals surface area (Å²) in [5, 5.41) is 0. The van der Waals surface area contributed by atoms with Gasteiger partial charge in [0.2, 0.25) is 0 Å². The second-order valence-corrected chi connectivity index (χ2v) is 5.49. The van der Waals surface area contributed by atoms with E-state index in [-0.39, 0.29) is 0 Å². The Kier molecular flexibility index (Phi) is 3.05. The number of benzene rings is 2. The Morgan fingerprint density at radius 2 is 1.53 bits per heavy atom. The van der Waals surface area contributed by atoms with E-state index in [4.69, 9.17) is 5.71 Å². The Labute approximate surface area is 112 Å². The standard InChI is InChI=1S/C13H11NO2.In/c15-12-7-3-1-5-10(12)9-14-11-6-2-4-8-13(11)16;/h1-9,15-16H;/q;+2/p-2. The first-order valence-corrected chi connectivity index (χ1v) is 8.00. The molecule has 1 heterocycles. The van der Waals surface area contributed by atoms with Gasteiger partial charge in [0.25, 0.3) is 0 Å². The van der Waals surface area contributed by atoms with Crippen molar-refractivity contribution in [3.8, 4) is 11.5 Å². The van der Waals surface area contributed by atoms with Crippen LogP contribution < -0.4 is 5.71 Å². The molecule has 0 bridgehead atoms. The third-order valence-corrected chi connectivity index (χ3v) is 4.48. The summed E-state index contributed by atoms with van der Waals surface area (Å²) >= 11 is -1.53. The molecule has 0 N–H and O–H groups in total. The summed E-state index contributed by atoms with van der Waals surface area (Å²) in [5.74, 6) is 1.68. The van der Waals surface area contributed by atoms with Crippen LogP contribution in [-0.2, 0) is 0 Å². The molecule has 0 saturated heterocycles. The number of rotatable bonds is 0. The summed E-state index contributed by atoms with van der Waals surface area (Å²) in [6, 6.07) is 15.7. The SMILES string of the molecule is C1=Nc2ccccc2[O][In][O]c2ccccc21. The molecule has 1 aliphatic rings. The van der Waals surface area contributed by atoms with E-state index >= 15 is 0 Å². The molecule has 1 radical (unpaired) electrons. The maximum absolute atomic E-state index is 5.74. The van der Waals surface area contributed by atoms with E-state index in [1.807, 2.05) is 54.7 Å². The first-order chi connectivity index (χ1) is 8.43. The summed E-state index contributed by atoms with van der Waals surface area (Å²) in [6.07, 6.45) is 1.82. The minimum absolute atomic E-state index is 0.817. The van der Waals surface area contributed by atoms with Crippen LogP contribution in [0.25, 0.3) is 0 Å². The molecular weight excluding hydrogens is 317 g/mol. The summed E-state index contributed by atoms with van der Waals surface area (Å²) in [7, 11) is 0. The molecular formula is C13H9InNO2. The van der Waals surface area contributed by atoms with Crippen LogP contribution in [0, 0.1) is 0 Å². The van der Waals surface area contributed by atoms with Gasteiger partial charge in [-0.2, -0.15) is 0 Å². The molecule has 2 aromatic rings. The van der Waals surface area contributed by atoms with Gasteiger partial charge < -0.3 is 0 Å². The van der Waals surface area contributed by atoms with Crippen LogP contribution in [0.15, 0.2) is 53.5 Å². The van der Waals surface area contributed by atoms with Crippen molar-refractivity contribution < 1.29 is 5.71 Å². The van der Waals surface area contributed by atoms with Gasteiger partial charge in [-0.3, -0.25) is 0 Å². The molecule has 1 aliphatic heterocycles. The Hall–Kier alpha value is -1.42. The summed E-state index contributed by atoms with van der Waals surface area (Å²) < 4.78 is 11.5. The van der Waals surface area contributed by atoms with Crippen molar-refractivity contribution in [2.45, 2.75) is 0 Å². The minimum atomic E-state index is -1.53. The Morgan fingerprint density at radius 1 is 0.824 bits per heavy atom. The molecule has 81 valence electrons. The number of hydrogen-bond acceptors (Lipinski definition) is 3.